The minimum absolute atomic E-state index is 0.0532. The molecule has 0 aromatic heterocycles. The van der Waals surface area contributed by atoms with Crippen LogP contribution in [0.1, 0.15) is 29.9 Å². The van der Waals surface area contributed by atoms with Gasteiger partial charge in [-0.15, -0.1) is 0 Å². The lowest BCUT2D eigenvalue weighted by Crippen LogP contribution is -2.27. The molecule has 3 rings (SSSR count). The number of rotatable bonds is 4. The van der Waals surface area contributed by atoms with Gasteiger partial charge in [-0.2, -0.15) is 0 Å². The van der Waals surface area contributed by atoms with Crippen molar-refractivity contribution in [1.29, 1.82) is 0 Å². The molecule has 0 saturated carbocycles. The second-order valence-electron chi connectivity index (χ2n) is 6.14. The number of benzene rings is 2. The van der Waals surface area contributed by atoms with Crippen molar-refractivity contribution in [2.75, 3.05) is 17.9 Å². The van der Waals surface area contributed by atoms with Gasteiger partial charge < -0.3 is 5.73 Å². The molecule has 4 nitrogen and oxygen atoms in total. The molecule has 0 radical (unpaired) electrons. The average Bonchev–Trinajstić information content (AvgIpc) is 2.60. The van der Waals surface area contributed by atoms with Gasteiger partial charge in [-0.25, -0.2) is 12.8 Å². The normalized spacial score (nSPS) is 17.4. The van der Waals surface area contributed by atoms with Crippen molar-refractivity contribution >= 4 is 15.7 Å². The summed E-state index contributed by atoms with van der Waals surface area (Å²) >= 11 is 0. The first-order valence-electron chi connectivity index (χ1n) is 8.01. The number of hydrogen-bond acceptors (Lipinski definition) is 3. The van der Waals surface area contributed by atoms with E-state index in [2.05, 4.69) is 0 Å². The molecule has 1 unspecified atom stereocenters. The van der Waals surface area contributed by atoms with Gasteiger partial charge in [0.15, 0.2) is 0 Å². The van der Waals surface area contributed by atoms with Crippen molar-refractivity contribution in [1.82, 2.24) is 0 Å². The van der Waals surface area contributed by atoms with Crippen LogP contribution in [-0.2, 0) is 16.4 Å². The minimum atomic E-state index is -3.79. The molecule has 2 N–H and O–H groups in total. The number of hydrogen-bond donors (Lipinski definition) is 1. The molecule has 24 heavy (non-hydrogen) atoms. The van der Waals surface area contributed by atoms with Gasteiger partial charge in [0, 0.05) is 7.05 Å². The van der Waals surface area contributed by atoms with E-state index in [1.807, 2.05) is 12.1 Å². The third kappa shape index (κ3) is 3.03. The Labute approximate surface area is 142 Å². The number of aryl methyl sites for hydroxylation is 1. The quantitative estimate of drug-likeness (QED) is 0.924. The summed E-state index contributed by atoms with van der Waals surface area (Å²) in [6.45, 7) is 0.601. The lowest BCUT2D eigenvalue weighted by atomic mass is 9.83. The van der Waals surface area contributed by atoms with E-state index in [1.165, 1.54) is 35.1 Å². The van der Waals surface area contributed by atoms with Crippen LogP contribution in [0.3, 0.4) is 0 Å². The predicted molar refractivity (Wildman–Crippen MR) is 93.2 cm³/mol. The highest BCUT2D eigenvalue weighted by atomic mass is 32.2. The van der Waals surface area contributed by atoms with Gasteiger partial charge in [-0.1, -0.05) is 12.1 Å². The van der Waals surface area contributed by atoms with Gasteiger partial charge in [0.05, 0.1) is 10.6 Å². The summed E-state index contributed by atoms with van der Waals surface area (Å²) in [5, 5.41) is 0. The molecule has 2 aromatic carbocycles. The van der Waals surface area contributed by atoms with Crippen molar-refractivity contribution in [3.05, 3.63) is 59.4 Å². The summed E-state index contributed by atoms with van der Waals surface area (Å²) in [4.78, 5) is -0.0532. The molecular formula is C18H21FN2O2S. The first kappa shape index (κ1) is 16.9. The number of fused-ring (bicyclic) bond motifs is 1. The molecule has 1 aliphatic carbocycles. The molecule has 1 atom stereocenters. The van der Waals surface area contributed by atoms with Crippen LogP contribution >= 0.6 is 0 Å². The second-order valence-corrected chi connectivity index (χ2v) is 8.11. The fourth-order valence-corrected chi connectivity index (χ4v) is 4.49. The number of nitrogens with zero attached hydrogens (tertiary/aromatic N) is 1. The standard InChI is InChI=1S/C18H21FN2O2S/c1-21(24(22,23)17-7-3-6-15(19)11-17)16-8-9-18-13(10-16)4-2-5-14(18)12-20/h3,6-11,14H,2,4-5,12,20H2,1H3. The van der Waals surface area contributed by atoms with Crippen LogP contribution in [0.5, 0.6) is 0 Å². The van der Waals surface area contributed by atoms with Gasteiger partial charge in [-0.05, 0) is 73.2 Å². The summed E-state index contributed by atoms with van der Waals surface area (Å²) in [6, 6.07) is 10.7. The Morgan fingerprint density at radius 2 is 2.04 bits per heavy atom. The maximum absolute atomic E-state index is 13.4. The number of nitrogens with two attached hydrogens (primary N) is 1. The first-order valence-corrected chi connectivity index (χ1v) is 9.45. The Kier molecular flexibility index (Phi) is 4.60. The van der Waals surface area contributed by atoms with Crippen molar-refractivity contribution in [2.24, 2.45) is 5.73 Å². The third-order valence-corrected chi connectivity index (χ3v) is 6.45. The fraction of sp³-hybridized carbons (Fsp3) is 0.333. The summed E-state index contributed by atoms with van der Waals surface area (Å²) in [7, 11) is -2.30. The largest absolute Gasteiger partial charge is 0.330 e. The van der Waals surface area contributed by atoms with Gasteiger partial charge in [0.1, 0.15) is 5.82 Å². The Bertz CT molecular complexity index is 852. The van der Waals surface area contributed by atoms with E-state index >= 15 is 0 Å². The van der Waals surface area contributed by atoms with E-state index in [-0.39, 0.29) is 4.90 Å². The highest BCUT2D eigenvalue weighted by molar-refractivity contribution is 7.92. The fourth-order valence-electron chi connectivity index (χ4n) is 3.27. The number of sulfonamides is 1. The zero-order chi connectivity index (χ0) is 17.3. The molecule has 2 aromatic rings. The Hall–Kier alpha value is -1.92. The zero-order valence-corrected chi connectivity index (χ0v) is 14.4. The summed E-state index contributed by atoms with van der Waals surface area (Å²) in [6.07, 6.45) is 3.05. The second kappa shape index (κ2) is 6.53. The predicted octanol–water partition coefficient (Wildman–Crippen LogP) is 3.03. The summed E-state index contributed by atoms with van der Waals surface area (Å²) in [5.41, 5.74) is 8.77. The smallest absolute Gasteiger partial charge is 0.264 e. The SMILES string of the molecule is CN(c1ccc2c(c1)CCCC2CN)S(=O)(=O)c1cccc(F)c1. The minimum Gasteiger partial charge on any atom is -0.330 e. The molecule has 0 saturated heterocycles. The molecule has 0 aliphatic heterocycles. The molecule has 0 amide bonds. The van der Waals surface area contributed by atoms with Crippen molar-refractivity contribution in [3.63, 3.8) is 0 Å². The van der Waals surface area contributed by atoms with Crippen molar-refractivity contribution in [3.8, 4) is 0 Å². The van der Waals surface area contributed by atoms with Gasteiger partial charge in [0.25, 0.3) is 10.0 Å². The Balaban J connectivity index is 1.97. The first-order chi connectivity index (χ1) is 11.4. The lowest BCUT2D eigenvalue weighted by molar-refractivity contribution is 0.560. The van der Waals surface area contributed by atoms with E-state index in [4.69, 9.17) is 5.73 Å². The maximum Gasteiger partial charge on any atom is 0.264 e. The highest BCUT2D eigenvalue weighted by Gasteiger charge is 2.24. The molecule has 1 aliphatic rings. The molecule has 0 heterocycles. The Morgan fingerprint density at radius 1 is 1.25 bits per heavy atom. The van der Waals surface area contributed by atoms with Crippen LogP contribution in [0.25, 0.3) is 0 Å². The van der Waals surface area contributed by atoms with Crippen LogP contribution in [0, 0.1) is 5.82 Å². The highest BCUT2D eigenvalue weighted by Crippen LogP contribution is 2.34. The van der Waals surface area contributed by atoms with E-state index in [0.717, 1.165) is 30.9 Å². The monoisotopic (exact) mass is 348 g/mol. The van der Waals surface area contributed by atoms with E-state index < -0.39 is 15.8 Å². The molecular weight excluding hydrogens is 327 g/mol. The van der Waals surface area contributed by atoms with E-state index in [0.29, 0.717) is 18.2 Å². The van der Waals surface area contributed by atoms with Gasteiger partial charge >= 0.3 is 0 Å². The molecule has 0 bridgehead atoms. The molecule has 6 heteroatoms. The zero-order valence-electron chi connectivity index (χ0n) is 13.6. The van der Waals surface area contributed by atoms with Crippen LogP contribution in [0.4, 0.5) is 10.1 Å². The van der Waals surface area contributed by atoms with E-state index in [1.54, 1.807) is 6.07 Å². The maximum atomic E-state index is 13.4. The molecule has 0 fully saturated rings. The van der Waals surface area contributed by atoms with Gasteiger partial charge in [0.2, 0.25) is 0 Å². The number of anilines is 1. The Morgan fingerprint density at radius 3 is 2.75 bits per heavy atom. The van der Waals surface area contributed by atoms with E-state index in [9.17, 15) is 12.8 Å². The number of halogens is 1. The average molecular weight is 348 g/mol. The third-order valence-electron chi connectivity index (χ3n) is 4.67. The summed E-state index contributed by atoms with van der Waals surface area (Å²) in [5.74, 6) is -0.228. The van der Waals surface area contributed by atoms with Crippen LogP contribution < -0.4 is 10.0 Å². The van der Waals surface area contributed by atoms with Crippen LogP contribution in [0.15, 0.2) is 47.4 Å². The lowest BCUT2D eigenvalue weighted by Gasteiger charge is -2.27. The van der Waals surface area contributed by atoms with Crippen LogP contribution in [-0.4, -0.2) is 22.0 Å². The topological polar surface area (TPSA) is 63.4 Å². The molecule has 0 spiro atoms. The molecule has 128 valence electrons. The van der Waals surface area contributed by atoms with Crippen LogP contribution in [0.2, 0.25) is 0 Å². The summed E-state index contributed by atoms with van der Waals surface area (Å²) < 4.78 is 40.0. The van der Waals surface area contributed by atoms with Crippen molar-refractivity contribution in [2.45, 2.75) is 30.1 Å². The van der Waals surface area contributed by atoms with Crippen molar-refractivity contribution < 1.29 is 12.8 Å². The van der Waals surface area contributed by atoms with Gasteiger partial charge in [-0.3, -0.25) is 4.31 Å².